The Labute approximate surface area is 251 Å². The van der Waals surface area contributed by atoms with Gasteiger partial charge < -0.3 is 10.6 Å². The summed E-state index contributed by atoms with van der Waals surface area (Å²) in [5.74, 6) is -1.28. The van der Waals surface area contributed by atoms with Crippen molar-refractivity contribution in [1.82, 2.24) is 15.6 Å². The minimum Gasteiger partial charge on any atom is -0.352 e. The average molecular weight is 602 g/mol. The Morgan fingerprint density at radius 1 is 1.10 bits per heavy atom. The number of fused-ring (bicyclic) bond motifs is 3. The van der Waals surface area contributed by atoms with Gasteiger partial charge in [-0.1, -0.05) is 56.5 Å². The molecule has 3 N–H and O–H groups in total. The number of nitrogens with zero attached hydrogens (tertiary/aromatic N) is 1. The van der Waals surface area contributed by atoms with E-state index in [0.29, 0.717) is 29.5 Å². The highest BCUT2D eigenvalue weighted by molar-refractivity contribution is 6.31. The van der Waals surface area contributed by atoms with Crippen molar-refractivity contribution in [3.8, 4) is 0 Å². The molecule has 0 radical (unpaired) electrons. The van der Waals surface area contributed by atoms with Gasteiger partial charge in [0.2, 0.25) is 11.8 Å². The Morgan fingerprint density at radius 2 is 1.80 bits per heavy atom. The minimum atomic E-state index is -1.25. The van der Waals surface area contributed by atoms with Crippen LogP contribution in [-0.4, -0.2) is 34.4 Å². The number of hydrogen-bond acceptors (Lipinski definition) is 4. The van der Waals surface area contributed by atoms with Crippen LogP contribution in [0, 0.1) is 17.2 Å². The maximum Gasteiger partial charge on any atom is 0.238 e. The van der Waals surface area contributed by atoms with Crippen molar-refractivity contribution in [3.63, 3.8) is 0 Å². The lowest BCUT2D eigenvalue weighted by atomic mass is 9.53. The normalized spacial score (nSPS) is 31.7. The molecule has 1 saturated heterocycles. The molecule has 2 aliphatic carbocycles. The number of pyridine rings is 1. The second-order valence-corrected chi connectivity index (χ2v) is 14.2. The molecule has 1 unspecified atom stereocenters. The molecular weight excluding hydrogens is 562 g/mol. The SMILES string of the molecule is CCC1CCC(NC(=O)C2NC3(CCC(C)(C)CC3)[C@@]3(C(=O)Nc4cc(Cl)ccc43)[C@H]2c2ccnc(Cl)c2F)CC1. The topological polar surface area (TPSA) is 83.1 Å². The molecule has 6 rings (SSSR count). The Kier molecular flexibility index (Phi) is 7.39. The first-order chi connectivity index (χ1) is 19.5. The van der Waals surface area contributed by atoms with Gasteiger partial charge in [-0.3, -0.25) is 14.9 Å². The van der Waals surface area contributed by atoms with Crippen LogP contribution in [0.25, 0.3) is 0 Å². The zero-order chi connectivity index (χ0) is 29.2. The first-order valence-corrected chi connectivity index (χ1v) is 15.8. The van der Waals surface area contributed by atoms with Gasteiger partial charge in [0.25, 0.3) is 0 Å². The molecule has 2 spiro atoms. The van der Waals surface area contributed by atoms with E-state index in [1.807, 2.05) is 6.07 Å². The predicted octanol–water partition coefficient (Wildman–Crippen LogP) is 6.90. The van der Waals surface area contributed by atoms with Crippen molar-refractivity contribution in [2.75, 3.05) is 5.32 Å². The minimum absolute atomic E-state index is 0.0555. The zero-order valence-electron chi connectivity index (χ0n) is 24.0. The number of amides is 2. The van der Waals surface area contributed by atoms with Crippen LogP contribution in [-0.2, 0) is 15.0 Å². The maximum atomic E-state index is 16.0. The van der Waals surface area contributed by atoms with E-state index in [1.165, 1.54) is 6.20 Å². The molecule has 2 amide bonds. The van der Waals surface area contributed by atoms with E-state index in [-0.39, 0.29) is 34.0 Å². The first kappa shape index (κ1) is 28.9. The standard InChI is InChI=1S/C32H39Cl2FN4O2/c1-4-18-5-8-20(9-6-18)37-28(40)26-24(21-11-16-36-27(34)25(21)35)32(31(39-26)14-12-30(2,3)13-15-31)22-10-7-19(33)17-23(22)38-29(32)41/h7,10-11,16-18,20,24,26,39H,4-6,8-9,12-15H2,1-3H3,(H,37,40)(H,38,41)/t18?,20?,24-,26?,32+/m0/s1. The van der Waals surface area contributed by atoms with Gasteiger partial charge in [-0.15, -0.1) is 0 Å². The summed E-state index contributed by atoms with van der Waals surface area (Å²) in [6.45, 7) is 6.69. The van der Waals surface area contributed by atoms with E-state index in [2.05, 4.69) is 41.7 Å². The first-order valence-electron chi connectivity index (χ1n) is 15.0. The van der Waals surface area contributed by atoms with Crippen molar-refractivity contribution in [2.45, 2.75) is 108 Å². The van der Waals surface area contributed by atoms with E-state index in [0.717, 1.165) is 50.5 Å². The Morgan fingerprint density at radius 3 is 2.49 bits per heavy atom. The number of halogens is 3. The molecule has 41 heavy (non-hydrogen) atoms. The van der Waals surface area contributed by atoms with Crippen molar-refractivity contribution in [3.05, 3.63) is 57.6 Å². The van der Waals surface area contributed by atoms with E-state index < -0.39 is 28.7 Å². The molecule has 3 heterocycles. The molecule has 4 aliphatic rings. The summed E-state index contributed by atoms with van der Waals surface area (Å²) in [5, 5.41) is 10.4. The number of anilines is 1. The highest BCUT2D eigenvalue weighted by atomic mass is 35.5. The lowest BCUT2D eigenvalue weighted by molar-refractivity contribution is -0.125. The summed E-state index contributed by atoms with van der Waals surface area (Å²) >= 11 is 12.6. The van der Waals surface area contributed by atoms with E-state index in [9.17, 15) is 9.59 Å². The molecule has 1 aromatic heterocycles. The van der Waals surface area contributed by atoms with Crippen LogP contribution in [0.3, 0.4) is 0 Å². The summed E-state index contributed by atoms with van der Waals surface area (Å²) in [5.41, 5.74) is -0.359. The van der Waals surface area contributed by atoms with Gasteiger partial charge in [0, 0.05) is 34.4 Å². The molecule has 2 aromatic rings. The van der Waals surface area contributed by atoms with E-state index >= 15 is 4.39 Å². The third-order valence-corrected chi connectivity index (χ3v) is 11.2. The molecule has 2 saturated carbocycles. The predicted molar refractivity (Wildman–Crippen MR) is 160 cm³/mol. The number of carbonyl (C=O) groups excluding carboxylic acids is 2. The van der Waals surface area contributed by atoms with Crippen molar-refractivity contribution < 1.29 is 14.0 Å². The second kappa shape index (κ2) is 10.5. The lowest BCUT2D eigenvalue weighted by Gasteiger charge is -2.50. The zero-order valence-corrected chi connectivity index (χ0v) is 25.5. The molecule has 0 bridgehead atoms. The van der Waals surface area contributed by atoms with Gasteiger partial charge in [-0.25, -0.2) is 9.37 Å². The van der Waals surface area contributed by atoms with Gasteiger partial charge >= 0.3 is 0 Å². The molecule has 3 fully saturated rings. The van der Waals surface area contributed by atoms with Gasteiger partial charge in [0.05, 0.1) is 6.04 Å². The summed E-state index contributed by atoms with van der Waals surface area (Å²) in [4.78, 5) is 32.8. The van der Waals surface area contributed by atoms with Crippen molar-refractivity contribution in [2.24, 2.45) is 11.3 Å². The smallest absolute Gasteiger partial charge is 0.238 e. The molecule has 6 nitrogen and oxygen atoms in total. The molecule has 220 valence electrons. The number of nitrogens with one attached hydrogen (secondary N) is 3. The van der Waals surface area contributed by atoms with Crippen LogP contribution in [0.1, 0.15) is 95.6 Å². The number of carbonyl (C=O) groups is 2. The van der Waals surface area contributed by atoms with Crippen molar-refractivity contribution >= 4 is 40.7 Å². The van der Waals surface area contributed by atoms with Gasteiger partial charge in [-0.2, -0.15) is 0 Å². The number of aromatic nitrogens is 1. The van der Waals surface area contributed by atoms with Crippen LogP contribution >= 0.6 is 23.2 Å². The molecule has 3 atom stereocenters. The Balaban J connectivity index is 1.51. The van der Waals surface area contributed by atoms with Crippen LogP contribution in [0.2, 0.25) is 10.2 Å². The highest BCUT2D eigenvalue weighted by Gasteiger charge is 2.73. The largest absolute Gasteiger partial charge is 0.352 e. The quantitative estimate of drug-likeness (QED) is 0.333. The highest BCUT2D eigenvalue weighted by Crippen LogP contribution is 2.64. The van der Waals surface area contributed by atoms with Gasteiger partial charge in [-0.05, 0) is 92.0 Å². The fourth-order valence-electron chi connectivity index (χ4n) is 8.33. The average Bonchev–Trinajstić information content (AvgIpc) is 3.40. The lowest BCUT2D eigenvalue weighted by Crippen LogP contribution is -2.61. The van der Waals surface area contributed by atoms with Crippen LogP contribution in [0.15, 0.2) is 30.5 Å². The third-order valence-electron chi connectivity index (χ3n) is 10.7. The molecule has 1 aromatic carbocycles. The van der Waals surface area contributed by atoms with Crippen molar-refractivity contribution in [1.29, 1.82) is 0 Å². The number of rotatable bonds is 4. The summed E-state index contributed by atoms with van der Waals surface area (Å²) in [6.07, 6.45) is 9.66. The monoisotopic (exact) mass is 600 g/mol. The molecule has 2 aliphatic heterocycles. The number of benzene rings is 1. The Hall–Kier alpha value is -2.22. The maximum absolute atomic E-state index is 16.0. The summed E-state index contributed by atoms with van der Waals surface area (Å²) in [6, 6.07) is 6.18. The van der Waals surface area contributed by atoms with Crippen LogP contribution in [0.5, 0.6) is 0 Å². The fraction of sp³-hybridized carbons (Fsp3) is 0.594. The number of hydrogen-bond donors (Lipinski definition) is 3. The molecule has 9 heteroatoms. The second-order valence-electron chi connectivity index (χ2n) is 13.4. The third kappa shape index (κ3) is 4.58. The fourth-order valence-corrected chi connectivity index (χ4v) is 8.67. The van der Waals surface area contributed by atoms with E-state index in [1.54, 1.807) is 18.2 Å². The summed E-state index contributed by atoms with van der Waals surface area (Å²) in [7, 11) is 0. The summed E-state index contributed by atoms with van der Waals surface area (Å²) < 4.78 is 16.0. The molecular formula is C32H39Cl2FN4O2. The van der Waals surface area contributed by atoms with Crippen LogP contribution < -0.4 is 16.0 Å². The van der Waals surface area contributed by atoms with E-state index in [4.69, 9.17) is 23.2 Å². The van der Waals surface area contributed by atoms with Gasteiger partial charge in [0.15, 0.2) is 11.0 Å². The van der Waals surface area contributed by atoms with Crippen LogP contribution in [0.4, 0.5) is 10.1 Å². The van der Waals surface area contributed by atoms with Gasteiger partial charge in [0.1, 0.15) is 5.41 Å². The Bertz CT molecular complexity index is 1370.